The quantitative estimate of drug-likeness (QED) is 0.156. The van der Waals surface area contributed by atoms with E-state index in [4.69, 9.17) is 0 Å². The molecule has 430 valence electrons. The average Bonchev–Trinajstić information content (AvgIpc) is 1.58. The van der Waals surface area contributed by atoms with Gasteiger partial charge in [-0.1, -0.05) is 164 Å². The van der Waals surface area contributed by atoms with E-state index in [9.17, 15) is 9.59 Å². The number of rotatable bonds is 6. The number of pyridine rings is 2. The highest BCUT2D eigenvalue weighted by Gasteiger charge is 2.24. The Morgan fingerprint density at radius 1 is 0.172 bits per heavy atom. The van der Waals surface area contributed by atoms with Crippen LogP contribution < -0.4 is 11.1 Å². The zero-order chi connectivity index (χ0) is 60.9. The minimum atomic E-state index is -0.00941. The van der Waals surface area contributed by atoms with Gasteiger partial charge in [0.05, 0.1) is 55.2 Å². The summed E-state index contributed by atoms with van der Waals surface area (Å²) in [5.74, 6) is 0. The molecule has 21 aromatic rings. The maximum atomic E-state index is 14.8. The lowest BCUT2D eigenvalue weighted by atomic mass is 9.95. The predicted molar refractivity (Wildman–Crippen MR) is 388 cm³/mol. The summed E-state index contributed by atoms with van der Waals surface area (Å²) in [4.78, 5) is 29.1. The normalized spacial score (nSPS) is 12.4. The Bertz CT molecular complexity index is 6960. The van der Waals surface area contributed by atoms with E-state index in [0.29, 0.717) is 5.39 Å². The first-order valence-corrected chi connectivity index (χ1v) is 31.7. The van der Waals surface area contributed by atoms with Gasteiger partial charge in [0.15, 0.2) is 0 Å². The largest absolute Gasteiger partial charge is 0.309 e. The summed E-state index contributed by atoms with van der Waals surface area (Å²) in [7, 11) is 0. The van der Waals surface area contributed by atoms with E-state index in [1.54, 1.807) is 0 Å². The molecule has 93 heavy (non-hydrogen) atoms. The Kier molecular flexibility index (Phi) is 10.0. The number of fused-ring (bicyclic) bond motifs is 19. The number of hydrogen-bond acceptors (Lipinski definition) is 2. The molecule has 0 saturated heterocycles. The van der Waals surface area contributed by atoms with Crippen molar-refractivity contribution in [1.82, 2.24) is 22.5 Å². The van der Waals surface area contributed by atoms with Crippen LogP contribution in [0.25, 0.3) is 192 Å². The van der Waals surface area contributed by atoms with E-state index >= 15 is 0 Å². The molecule has 0 saturated carbocycles. The summed E-state index contributed by atoms with van der Waals surface area (Å²) in [6.45, 7) is 0. The molecule has 7 aromatic heterocycles. The first-order chi connectivity index (χ1) is 46.0. The Morgan fingerprint density at radius 2 is 0.495 bits per heavy atom. The van der Waals surface area contributed by atoms with Crippen LogP contribution in [-0.4, -0.2) is 22.5 Å². The SMILES string of the molecule is O=c1c2ccccc2c2cccc3c4cc(-n5c6ccccc6c6cc(-c7ccc8c9cc(-c%10cc%11c%12ccccc%12c(=O)n%12c%13ccc(-c%14ccc%15c(c%14)c%14ccccc%14n%15-c%14ccccc%14)cc%13c(c%10)c%11%12)ccc9n(-c9ccccc9)c8c7)ccc65)ccc4n1c23. The highest BCUT2D eigenvalue weighted by molar-refractivity contribution is 6.24. The summed E-state index contributed by atoms with van der Waals surface area (Å²) < 4.78 is 11.0. The molecular weight excluding hydrogens is 1130 g/mol. The minimum Gasteiger partial charge on any atom is -0.309 e. The zero-order valence-corrected chi connectivity index (χ0v) is 49.8. The van der Waals surface area contributed by atoms with Gasteiger partial charge in [-0.2, -0.15) is 0 Å². The lowest BCUT2D eigenvalue weighted by Crippen LogP contribution is -2.12. The third-order valence-electron chi connectivity index (χ3n) is 20.3. The fourth-order valence-electron chi connectivity index (χ4n) is 16.3. The Hall–Kier alpha value is -12.6. The van der Waals surface area contributed by atoms with Crippen LogP contribution >= 0.6 is 0 Å². The molecule has 0 unspecified atom stereocenters. The molecule has 7 heteroatoms. The highest BCUT2D eigenvalue weighted by Crippen LogP contribution is 2.45. The van der Waals surface area contributed by atoms with Crippen molar-refractivity contribution in [1.29, 1.82) is 0 Å². The van der Waals surface area contributed by atoms with Crippen molar-refractivity contribution in [3.63, 3.8) is 0 Å². The van der Waals surface area contributed by atoms with E-state index in [0.717, 1.165) is 165 Å². The second-order valence-electron chi connectivity index (χ2n) is 25.1. The molecule has 0 aliphatic heterocycles. The molecule has 0 N–H and O–H groups in total. The molecular formula is C86H49N5O2. The van der Waals surface area contributed by atoms with Crippen molar-refractivity contribution in [2.75, 3.05) is 0 Å². The molecule has 7 nitrogen and oxygen atoms in total. The Morgan fingerprint density at radius 3 is 1.04 bits per heavy atom. The van der Waals surface area contributed by atoms with Crippen molar-refractivity contribution in [2.45, 2.75) is 0 Å². The van der Waals surface area contributed by atoms with Crippen LogP contribution in [0.5, 0.6) is 0 Å². The maximum Gasteiger partial charge on any atom is 0.263 e. The van der Waals surface area contributed by atoms with E-state index in [2.05, 4.69) is 275 Å². The van der Waals surface area contributed by atoms with Gasteiger partial charge in [-0.3, -0.25) is 18.4 Å². The van der Waals surface area contributed by atoms with Crippen LogP contribution in [0, 0.1) is 0 Å². The highest BCUT2D eigenvalue weighted by atomic mass is 16.1. The van der Waals surface area contributed by atoms with Crippen molar-refractivity contribution in [2.24, 2.45) is 0 Å². The van der Waals surface area contributed by atoms with Crippen molar-refractivity contribution < 1.29 is 0 Å². The molecule has 0 radical (unpaired) electrons. The second kappa shape index (κ2) is 18.5. The van der Waals surface area contributed by atoms with Crippen LogP contribution in [0.4, 0.5) is 0 Å². The monoisotopic (exact) mass is 1180 g/mol. The third kappa shape index (κ3) is 6.86. The van der Waals surface area contributed by atoms with Gasteiger partial charge in [-0.15, -0.1) is 0 Å². The summed E-state index contributed by atoms with van der Waals surface area (Å²) in [5.41, 5.74) is 20.4. The maximum absolute atomic E-state index is 14.8. The summed E-state index contributed by atoms with van der Waals surface area (Å²) in [5, 5.41) is 16.7. The molecule has 0 fully saturated rings. The summed E-state index contributed by atoms with van der Waals surface area (Å²) in [6.07, 6.45) is 0. The van der Waals surface area contributed by atoms with Gasteiger partial charge in [0, 0.05) is 92.5 Å². The van der Waals surface area contributed by atoms with Crippen LogP contribution in [-0.2, 0) is 0 Å². The number of nitrogens with zero attached hydrogens (tertiary/aromatic N) is 5. The smallest absolute Gasteiger partial charge is 0.263 e. The standard InChI is InChI=1S/C86H49N5O2/c92-85-66-24-9-7-20-59(66)64-26-15-27-65-72-49-58(35-41-81(72)90(85)83(64)65)89-76-29-14-12-23-62(76)69-43-52(32-38-79(69)89)54-30-36-63-70-45-53(34-39-78(70)88(82(63)48-54)57-18-5-2-6-19-57)55-46-73-60-21-8-10-25-67(60)86(93)91-80-40-33-51(44-71(80)74(47-55)84(73)91)50-31-37-77-68(42-50)61-22-11-13-28-75(61)87(77)56-16-3-1-4-17-56/h1-49H. The zero-order valence-electron chi connectivity index (χ0n) is 49.8. The molecule has 0 atom stereocenters. The molecule has 0 amide bonds. The Balaban J connectivity index is 0.717. The number of aromatic nitrogens is 5. The number of hydrogen-bond donors (Lipinski definition) is 0. The Labute approximate surface area is 529 Å². The van der Waals surface area contributed by atoms with Gasteiger partial charge in [-0.25, -0.2) is 0 Å². The molecule has 0 aliphatic rings. The van der Waals surface area contributed by atoms with Crippen LogP contribution in [0.1, 0.15) is 0 Å². The number of benzene rings is 14. The van der Waals surface area contributed by atoms with Crippen LogP contribution in [0.2, 0.25) is 0 Å². The summed E-state index contributed by atoms with van der Waals surface area (Å²) in [6, 6.07) is 106. The molecule has 7 heterocycles. The topological polar surface area (TPSA) is 57.8 Å². The van der Waals surface area contributed by atoms with Crippen molar-refractivity contribution in [3.05, 3.63) is 318 Å². The minimum absolute atomic E-state index is 0.00780. The predicted octanol–water partition coefficient (Wildman–Crippen LogP) is 21.0. The van der Waals surface area contributed by atoms with E-state index in [1.807, 2.05) is 45.2 Å². The third-order valence-corrected chi connectivity index (χ3v) is 20.3. The second-order valence-corrected chi connectivity index (χ2v) is 25.1. The van der Waals surface area contributed by atoms with Gasteiger partial charge in [-0.05, 0) is 178 Å². The van der Waals surface area contributed by atoms with Gasteiger partial charge in [0.25, 0.3) is 11.1 Å². The van der Waals surface area contributed by atoms with E-state index in [1.165, 1.54) is 21.7 Å². The van der Waals surface area contributed by atoms with E-state index < -0.39 is 0 Å². The number of para-hydroxylation sites is 5. The fraction of sp³-hybridized carbons (Fsp3) is 0. The molecule has 0 spiro atoms. The first-order valence-electron chi connectivity index (χ1n) is 31.7. The van der Waals surface area contributed by atoms with E-state index in [-0.39, 0.29) is 11.1 Å². The lowest BCUT2D eigenvalue weighted by Gasteiger charge is -2.11. The first kappa shape index (κ1) is 50.3. The molecule has 0 aliphatic carbocycles. The van der Waals surface area contributed by atoms with Crippen LogP contribution in [0.15, 0.2) is 307 Å². The van der Waals surface area contributed by atoms with Gasteiger partial charge in [0.1, 0.15) is 0 Å². The van der Waals surface area contributed by atoms with Crippen LogP contribution in [0.3, 0.4) is 0 Å². The molecule has 14 aromatic carbocycles. The lowest BCUT2D eigenvalue weighted by molar-refractivity contribution is 1.18. The van der Waals surface area contributed by atoms with Gasteiger partial charge in [0.2, 0.25) is 0 Å². The molecule has 21 rings (SSSR count). The van der Waals surface area contributed by atoms with Gasteiger partial charge < -0.3 is 13.7 Å². The molecule has 0 bridgehead atoms. The van der Waals surface area contributed by atoms with Gasteiger partial charge >= 0.3 is 0 Å². The average molecular weight is 1180 g/mol. The summed E-state index contributed by atoms with van der Waals surface area (Å²) >= 11 is 0. The van der Waals surface area contributed by atoms with Crippen molar-refractivity contribution in [3.8, 4) is 50.4 Å². The fourth-order valence-corrected chi connectivity index (χ4v) is 16.3. The van der Waals surface area contributed by atoms with Crippen molar-refractivity contribution >= 4 is 141 Å².